The predicted octanol–water partition coefficient (Wildman–Crippen LogP) is -1.56. The minimum absolute atomic E-state index is 0. The average Bonchev–Trinajstić information content (AvgIpc) is 1.87. The number of hydrogen-bond acceptors (Lipinski definition) is 2. The van der Waals surface area contributed by atoms with E-state index in [1.54, 1.807) is 0 Å². The van der Waals surface area contributed by atoms with Crippen LogP contribution in [0.2, 0.25) is 0 Å². The first-order chi connectivity index (χ1) is 5.16. The second-order valence-electron chi connectivity index (χ2n) is 2.28. The van der Waals surface area contributed by atoms with E-state index in [9.17, 15) is 9.90 Å². The molecule has 0 radical (unpaired) electrons. The summed E-state index contributed by atoms with van der Waals surface area (Å²) in [6, 6.07) is 0. The van der Waals surface area contributed by atoms with E-state index >= 15 is 0 Å². The van der Waals surface area contributed by atoms with Crippen LogP contribution < -0.4 is 56.5 Å². The summed E-state index contributed by atoms with van der Waals surface area (Å²) in [5.74, 6) is -1.01. The van der Waals surface area contributed by atoms with Gasteiger partial charge < -0.3 is 9.90 Å². The van der Waals surface area contributed by atoms with E-state index in [4.69, 9.17) is 11.6 Å². The van der Waals surface area contributed by atoms with Crippen molar-refractivity contribution in [2.24, 2.45) is 0 Å². The van der Waals surface area contributed by atoms with Crippen molar-refractivity contribution in [3.8, 4) is 0 Å². The van der Waals surface area contributed by atoms with Gasteiger partial charge in [0, 0.05) is 11.0 Å². The minimum Gasteiger partial charge on any atom is -0.550 e. The number of allylic oxidation sites excluding steroid dienone is 2. The number of carbonyl (C=O) groups excluding carboxylic acids is 1. The van der Waals surface area contributed by atoms with Gasteiger partial charge in [-0.15, -0.1) is 0 Å². The molecule has 2 nitrogen and oxygen atoms in total. The van der Waals surface area contributed by atoms with Gasteiger partial charge >= 0.3 is 51.4 Å². The Morgan fingerprint density at radius 1 is 1.50 bits per heavy atom. The van der Waals surface area contributed by atoms with Crippen molar-refractivity contribution >= 4 is 17.6 Å². The van der Waals surface area contributed by atoms with Crippen LogP contribution >= 0.6 is 11.6 Å². The molecule has 0 unspecified atom stereocenters. The summed E-state index contributed by atoms with van der Waals surface area (Å²) in [5.41, 5.74) is 0. The molecule has 0 N–H and O–H groups in total. The zero-order chi connectivity index (χ0) is 8.69. The summed E-state index contributed by atoms with van der Waals surface area (Å²) in [6.07, 6.45) is 4.08. The molecular formula is C8H12ClKO2. The molecule has 0 rings (SSSR count). The Bertz CT molecular complexity index is 157. The van der Waals surface area contributed by atoms with Crippen molar-refractivity contribution in [1.82, 2.24) is 0 Å². The molecule has 4 heteroatoms. The van der Waals surface area contributed by atoms with Gasteiger partial charge in [-0.25, -0.2) is 0 Å². The monoisotopic (exact) mass is 214 g/mol. The molecule has 0 amide bonds. The maximum absolute atomic E-state index is 9.97. The van der Waals surface area contributed by atoms with E-state index in [0.717, 1.165) is 11.5 Å². The maximum Gasteiger partial charge on any atom is 1.00 e. The first-order valence-corrected chi connectivity index (χ1v) is 4.09. The first-order valence-electron chi connectivity index (χ1n) is 3.71. The summed E-state index contributed by atoms with van der Waals surface area (Å²) < 4.78 is 0. The van der Waals surface area contributed by atoms with E-state index in [-0.39, 0.29) is 57.8 Å². The molecule has 0 spiro atoms. The van der Waals surface area contributed by atoms with Crippen molar-refractivity contribution < 1.29 is 61.3 Å². The largest absolute Gasteiger partial charge is 1.00 e. The molecule has 0 aliphatic carbocycles. The number of carbonyl (C=O) groups is 1. The van der Waals surface area contributed by atoms with Crippen LogP contribution in [0, 0.1) is 0 Å². The van der Waals surface area contributed by atoms with Crippen molar-refractivity contribution in [1.29, 1.82) is 0 Å². The molecule has 0 aromatic heterocycles. The van der Waals surface area contributed by atoms with E-state index in [1.165, 1.54) is 0 Å². The topological polar surface area (TPSA) is 40.1 Å². The maximum atomic E-state index is 9.97. The van der Waals surface area contributed by atoms with Crippen LogP contribution in [-0.2, 0) is 4.79 Å². The fourth-order valence-corrected chi connectivity index (χ4v) is 1.01. The average molecular weight is 215 g/mol. The van der Waals surface area contributed by atoms with Gasteiger partial charge in [0.05, 0.1) is 0 Å². The number of carboxylic acids is 1. The SMILES string of the molecule is CC/C=C(\Cl)CCCC(=O)[O-].[K+]. The Morgan fingerprint density at radius 3 is 2.50 bits per heavy atom. The molecular weight excluding hydrogens is 203 g/mol. The Kier molecular flexibility index (Phi) is 13.3. The molecule has 0 aromatic carbocycles. The van der Waals surface area contributed by atoms with Crippen LogP contribution in [-0.4, -0.2) is 5.97 Å². The molecule has 0 aliphatic rings. The number of aliphatic carboxylic acids is 1. The van der Waals surface area contributed by atoms with Crippen molar-refractivity contribution in [2.45, 2.75) is 32.6 Å². The van der Waals surface area contributed by atoms with Crippen LogP contribution in [0.25, 0.3) is 0 Å². The molecule has 0 saturated carbocycles. The molecule has 0 aromatic rings. The third-order valence-corrected chi connectivity index (χ3v) is 1.57. The predicted molar refractivity (Wildman–Crippen MR) is 43.1 cm³/mol. The summed E-state index contributed by atoms with van der Waals surface area (Å²) >= 11 is 5.71. The van der Waals surface area contributed by atoms with Gasteiger partial charge in [-0.05, 0) is 25.7 Å². The Morgan fingerprint density at radius 2 is 2.08 bits per heavy atom. The van der Waals surface area contributed by atoms with E-state index < -0.39 is 5.97 Å². The van der Waals surface area contributed by atoms with Gasteiger partial charge in [-0.3, -0.25) is 0 Å². The fraction of sp³-hybridized carbons (Fsp3) is 0.625. The summed E-state index contributed by atoms with van der Waals surface area (Å²) in [5, 5.41) is 10.7. The smallest absolute Gasteiger partial charge is 0.550 e. The van der Waals surface area contributed by atoms with Gasteiger partial charge in [0.1, 0.15) is 0 Å². The standard InChI is InChI=1S/C8H13ClO2.K/c1-2-4-7(9)5-3-6-8(10)11;/h4H,2-3,5-6H2,1H3,(H,10,11);/q;+1/p-1/b7-4-;. The Balaban J connectivity index is 0. The van der Waals surface area contributed by atoms with Crippen molar-refractivity contribution in [3.05, 3.63) is 11.1 Å². The zero-order valence-corrected chi connectivity index (χ0v) is 11.5. The van der Waals surface area contributed by atoms with Gasteiger partial charge in [0.2, 0.25) is 0 Å². The van der Waals surface area contributed by atoms with E-state index in [0.29, 0.717) is 12.8 Å². The molecule has 12 heavy (non-hydrogen) atoms. The van der Waals surface area contributed by atoms with Crippen LogP contribution in [0.15, 0.2) is 11.1 Å². The molecule has 0 saturated heterocycles. The quantitative estimate of drug-likeness (QED) is 0.520. The van der Waals surface area contributed by atoms with E-state index in [1.807, 2.05) is 13.0 Å². The van der Waals surface area contributed by atoms with Gasteiger partial charge in [0.25, 0.3) is 0 Å². The normalized spacial score (nSPS) is 10.7. The van der Waals surface area contributed by atoms with Crippen LogP contribution in [0.1, 0.15) is 32.6 Å². The molecule has 0 bridgehead atoms. The number of hydrogen-bond donors (Lipinski definition) is 0. The van der Waals surface area contributed by atoms with Crippen LogP contribution in [0.5, 0.6) is 0 Å². The van der Waals surface area contributed by atoms with Crippen molar-refractivity contribution in [3.63, 3.8) is 0 Å². The molecule has 0 aliphatic heterocycles. The number of rotatable bonds is 5. The second kappa shape index (κ2) is 10.2. The van der Waals surface area contributed by atoms with Gasteiger partial charge in [-0.2, -0.15) is 0 Å². The number of carboxylic acid groups (broad SMARTS) is 1. The third-order valence-electron chi connectivity index (χ3n) is 1.22. The van der Waals surface area contributed by atoms with Crippen LogP contribution in [0.4, 0.5) is 0 Å². The fourth-order valence-electron chi connectivity index (χ4n) is 0.725. The van der Waals surface area contributed by atoms with Gasteiger partial charge in [0.15, 0.2) is 0 Å². The minimum atomic E-state index is -1.01. The first kappa shape index (κ1) is 15.6. The molecule has 64 valence electrons. The Labute approximate surface area is 121 Å². The second-order valence-corrected chi connectivity index (χ2v) is 2.77. The third kappa shape index (κ3) is 11.1. The van der Waals surface area contributed by atoms with Crippen molar-refractivity contribution in [2.75, 3.05) is 0 Å². The van der Waals surface area contributed by atoms with Crippen LogP contribution in [0.3, 0.4) is 0 Å². The summed E-state index contributed by atoms with van der Waals surface area (Å²) in [7, 11) is 0. The summed E-state index contributed by atoms with van der Waals surface area (Å²) in [4.78, 5) is 9.97. The summed E-state index contributed by atoms with van der Waals surface area (Å²) in [6.45, 7) is 1.99. The van der Waals surface area contributed by atoms with Gasteiger partial charge in [-0.1, -0.05) is 24.6 Å². The van der Waals surface area contributed by atoms with E-state index in [2.05, 4.69) is 0 Å². The molecule has 0 fully saturated rings. The zero-order valence-electron chi connectivity index (χ0n) is 7.60. The number of halogens is 1. The molecule has 0 atom stereocenters. The Hall–Kier alpha value is 1.14. The molecule has 0 heterocycles.